The summed E-state index contributed by atoms with van der Waals surface area (Å²) in [6, 6.07) is 5.96. The molecule has 0 aliphatic carbocycles. The van der Waals surface area contributed by atoms with Crippen molar-refractivity contribution in [2.24, 2.45) is 0 Å². The number of aromatic nitrogens is 2. The Kier molecular flexibility index (Phi) is 4.01. The van der Waals surface area contributed by atoms with E-state index in [1.165, 1.54) is 43.8 Å². The van der Waals surface area contributed by atoms with Crippen molar-refractivity contribution in [2.45, 2.75) is 11.0 Å². The van der Waals surface area contributed by atoms with Crippen LogP contribution in [0.5, 0.6) is 5.88 Å². The lowest BCUT2D eigenvalue weighted by molar-refractivity contribution is 0.207. The number of nitrogens with zero attached hydrogens (tertiary/aromatic N) is 2. The van der Waals surface area contributed by atoms with Gasteiger partial charge in [0.05, 0.1) is 12.0 Å². The highest BCUT2D eigenvalue weighted by Crippen LogP contribution is 2.26. The van der Waals surface area contributed by atoms with Crippen molar-refractivity contribution in [3.05, 3.63) is 47.9 Å². The zero-order valence-electron chi connectivity index (χ0n) is 11.0. The molecule has 0 amide bonds. The molecule has 7 heteroatoms. The van der Waals surface area contributed by atoms with E-state index in [1.54, 1.807) is 0 Å². The van der Waals surface area contributed by atoms with E-state index in [9.17, 15) is 13.5 Å². The maximum atomic E-state index is 11.4. The fraction of sp³-hybridized carbons (Fsp3) is 0.231. The SMILES string of the molecule is COc1nccnc1C(O)c1ccc(S(C)(=O)=O)cc1. The van der Waals surface area contributed by atoms with Gasteiger partial charge in [-0.2, -0.15) is 0 Å². The van der Waals surface area contributed by atoms with Gasteiger partial charge < -0.3 is 9.84 Å². The van der Waals surface area contributed by atoms with Gasteiger partial charge in [-0.15, -0.1) is 0 Å². The van der Waals surface area contributed by atoms with Crippen LogP contribution in [0.1, 0.15) is 17.4 Å². The summed E-state index contributed by atoms with van der Waals surface area (Å²) in [6.07, 6.45) is 3.00. The van der Waals surface area contributed by atoms with Crippen LogP contribution in [0.3, 0.4) is 0 Å². The van der Waals surface area contributed by atoms with E-state index in [0.29, 0.717) is 5.56 Å². The molecular formula is C13H14N2O4S. The van der Waals surface area contributed by atoms with Crippen molar-refractivity contribution in [1.29, 1.82) is 0 Å². The minimum atomic E-state index is -3.26. The molecule has 6 nitrogen and oxygen atoms in total. The Labute approximate surface area is 117 Å². The lowest BCUT2D eigenvalue weighted by Crippen LogP contribution is -2.06. The highest BCUT2D eigenvalue weighted by atomic mass is 32.2. The summed E-state index contributed by atoms with van der Waals surface area (Å²) in [5.74, 6) is 0.229. The molecule has 0 aliphatic heterocycles. The number of hydrogen-bond acceptors (Lipinski definition) is 6. The first-order valence-corrected chi connectivity index (χ1v) is 7.65. The molecule has 0 saturated heterocycles. The largest absolute Gasteiger partial charge is 0.480 e. The Bertz CT molecular complexity index is 699. The molecule has 0 spiro atoms. The van der Waals surface area contributed by atoms with Gasteiger partial charge in [-0.05, 0) is 17.7 Å². The van der Waals surface area contributed by atoms with Crippen molar-refractivity contribution in [2.75, 3.05) is 13.4 Å². The van der Waals surface area contributed by atoms with E-state index in [2.05, 4.69) is 9.97 Å². The molecule has 0 saturated carbocycles. The molecule has 2 aromatic rings. The van der Waals surface area contributed by atoms with Crippen LogP contribution in [0.2, 0.25) is 0 Å². The van der Waals surface area contributed by atoms with Crippen LogP contribution in [0.25, 0.3) is 0 Å². The van der Waals surface area contributed by atoms with Crippen molar-refractivity contribution in [3.8, 4) is 5.88 Å². The second-order valence-electron chi connectivity index (χ2n) is 4.19. The molecule has 1 N–H and O–H groups in total. The number of rotatable bonds is 4. The zero-order chi connectivity index (χ0) is 14.8. The van der Waals surface area contributed by atoms with Crippen LogP contribution in [-0.2, 0) is 9.84 Å². The molecule has 106 valence electrons. The summed E-state index contributed by atoms with van der Waals surface area (Å²) in [5, 5.41) is 10.3. The van der Waals surface area contributed by atoms with Gasteiger partial charge in [-0.25, -0.2) is 13.4 Å². The molecular weight excluding hydrogens is 280 g/mol. The van der Waals surface area contributed by atoms with Crippen LogP contribution in [-0.4, -0.2) is 36.9 Å². The standard InChI is InChI=1S/C13H14N2O4S/c1-19-13-11(14-7-8-15-13)12(16)9-3-5-10(6-4-9)20(2,17)18/h3-8,12,16H,1-2H3. The number of aliphatic hydroxyl groups is 1. The van der Waals surface area contributed by atoms with Crippen LogP contribution in [0, 0.1) is 0 Å². The summed E-state index contributed by atoms with van der Waals surface area (Å²) in [6.45, 7) is 0. The number of methoxy groups -OCH3 is 1. The monoisotopic (exact) mass is 294 g/mol. The molecule has 1 aromatic carbocycles. The van der Waals surface area contributed by atoms with Crippen LogP contribution in [0.4, 0.5) is 0 Å². The van der Waals surface area contributed by atoms with E-state index in [-0.39, 0.29) is 16.5 Å². The average molecular weight is 294 g/mol. The summed E-state index contributed by atoms with van der Waals surface area (Å²) in [7, 11) is -1.82. The van der Waals surface area contributed by atoms with Gasteiger partial charge in [0.1, 0.15) is 11.8 Å². The second-order valence-corrected chi connectivity index (χ2v) is 6.21. The lowest BCUT2D eigenvalue weighted by atomic mass is 10.1. The second kappa shape index (κ2) is 5.56. The van der Waals surface area contributed by atoms with Crippen molar-refractivity contribution in [1.82, 2.24) is 9.97 Å². The molecule has 1 atom stereocenters. The molecule has 1 unspecified atom stereocenters. The predicted octanol–water partition coefficient (Wildman–Crippen LogP) is 0.970. The Morgan fingerprint density at radius 3 is 2.30 bits per heavy atom. The summed E-state index contributed by atoms with van der Waals surface area (Å²) >= 11 is 0. The van der Waals surface area contributed by atoms with E-state index < -0.39 is 15.9 Å². The van der Waals surface area contributed by atoms with E-state index in [1.807, 2.05) is 0 Å². The molecule has 0 bridgehead atoms. The number of sulfone groups is 1. The Morgan fingerprint density at radius 2 is 1.75 bits per heavy atom. The van der Waals surface area contributed by atoms with E-state index in [4.69, 9.17) is 4.74 Å². The van der Waals surface area contributed by atoms with Crippen molar-refractivity contribution < 1.29 is 18.3 Å². The van der Waals surface area contributed by atoms with Gasteiger partial charge in [0.15, 0.2) is 9.84 Å². The van der Waals surface area contributed by atoms with Gasteiger partial charge in [-0.3, -0.25) is 4.98 Å². The molecule has 0 fully saturated rings. The minimum Gasteiger partial charge on any atom is -0.480 e. The minimum absolute atomic E-state index is 0.194. The van der Waals surface area contributed by atoms with Gasteiger partial charge in [0, 0.05) is 18.6 Å². The quantitative estimate of drug-likeness (QED) is 0.903. The number of benzene rings is 1. The summed E-state index contributed by atoms with van der Waals surface area (Å²) < 4.78 is 27.8. The summed E-state index contributed by atoms with van der Waals surface area (Å²) in [4.78, 5) is 8.20. The summed E-state index contributed by atoms with van der Waals surface area (Å²) in [5.41, 5.74) is 0.790. The third kappa shape index (κ3) is 2.94. The first kappa shape index (κ1) is 14.4. The van der Waals surface area contributed by atoms with Gasteiger partial charge in [0.25, 0.3) is 0 Å². The Hall–Kier alpha value is -1.99. The van der Waals surface area contributed by atoms with E-state index >= 15 is 0 Å². The van der Waals surface area contributed by atoms with Gasteiger partial charge in [0.2, 0.25) is 5.88 Å². The molecule has 1 aromatic heterocycles. The molecule has 20 heavy (non-hydrogen) atoms. The van der Waals surface area contributed by atoms with Gasteiger partial charge >= 0.3 is 0 Å². The maximum Gasteiger partial charge on any atom is 0.238 e. The maximum absolute atomic E-state index is 11.4. The van der Waals surface area contributed by atoms with Crippen molar-refractivity contribution >= 4 is 9.84 Å². The van der Waals surface area contributed by atoms with Crippen LogP contribution < -0.4 is 4.74 Å². The van der Waals surface area contributed by atoms with E-state index in [0.717, 1.165) is 6.26 Å². The smallest absolute Gasteiger partial charge is 0.238 e. The highest BCUT2D eigenvalue weighted by Gasteiger charge is 2.18. The first-order valence-electron chi connectivity index (χ1n) is 5.76. The molecule has 0 radical (unpaired) electrons. The number of aliphatic hydroxyl groups excluding tert-OH is 1. The van der Waals surface area contributed by atoms with Gasteiger partial charge in [-0.1, -0.05) is 12.1 Å². The third-order valence-corrected chi connectivity index (χ3v) is 3.90. The number of hydrogen-bond donors (Lipinski definition) is 1. The zero-order valence-corrected chi connectivity index (χ0v) is 11.8. The topological polar surface area (TPSA) is 89.4 Å². The fourth-order valence-corrected chi connectivity index (χ4v) is 2.37. The Morgan fingerprint density at radius 1 is 1.15 bits per heavy atom. The Balaban J connectivity index is 2.36. The molecule has 2 rings (SSSR count). The third-order valence-electron chi connectivity index (χ3n) is 2.77. The van der Waals surface area contributed by atoms with Crippen LogP contribution >= 0.6 is 0 Å². The fourth-order valence-electron chi connectivity index (χ4n) is 1.74. The van der Waals surface area contributed by atoms with Crippen molar-refractivity contribution in [3.63, 3.8) is 0 Å². The average Bonchev–Trinajstić information content (AvgIpc) is 2.45. The predicted molar refractivity (Wildman–Crippen MR) is 72.2 cm³/mol. The van der Waals surface area contributed by atoms with Crippen LogP contribution in [0.15, 0.2) is 41.6 Å². The number of ether oxygens (including phenoxy) is 1. The molecule has 0 aliphatic rings. The first-order chi connectivity index (χ1) is 9.43. The normalized spacial score (nSPS) is 12.9. The lowest BCUT2D eigenvalue weighted by Gasteiger charge is -2.13. The highest BCUT2D eigenvalue weighted by molar-refractivity contribution is 7.90. The molecule has 1 heterocycles.